The molecule has 3 aromatic carbocycles. The Morgan fingerprint density at radius 1 is 0.900 bits per heavy atom. The molecule has 2 amide bonds. The molecule has 3 rings (SSSR count). The van der Waals surface area contributed by atoms with E-state index < -0.39 is 52.0 Å². The third-order valence-corrected chi connectivity index (χ3v) is 7.72. The summed E-state index contributed by atoms with van der Waals surface area (Å²) in [5, 5.41) is 2.69. The van der Waals surface area contributed by atoms with Gasteiger partial charge in [0, 0.05) is 12.6 Å². The van der Waals surface area contributed by atoms with Crippen LogP contribution in [0.15, 0.2) is 83.8 Å². The average Bonchev–Trinajstić information content (AvgIpc) is 2.90. The van der Waals surface area contributed by atoms with Gasteiger partial charge in [0.25, 0.3) is 10.0 Å². The standard InChI is InChI=1S/C28H29F4N3O4S/c1-19(2)33-27(37)20(3)34(17-21-12-14-23(29)15-13-21)26(36)18-35(40(38,39)25-10-5-4-6-11-25)24-9-7-8-22(16-24)28(30,31)32/h4-16,19-20H,17-18H2,1-3H3,(H,33,37)/t20-/m0/s1. The van der Waals surface area contributed by atoms with Crippen LogP contribution in [0.1, 0.15) is 31.9 Å². The van der Waals surface area contributed by atoms with Gasteiger partial charge in [0.1, 0.15) is 18.4 Å². The lowest BCUT2D eigenvalue weighted by molar-refractivity contribution is -0.139. The summed E-state index contributed by atoms with van der Waals surface area (Å²) in [6.45, 7) is 3.79. The number of anilines is 1. The van der Waals surface area contributed by atoms with Gasteiger partial charge in [0.05, 0.1) is 16.1 Å². The number of rotatable bonds is 10. The fourth-order valence-electron chi connectivity index (χ4n) is 3.86. The zero-order valence-corrected chi connectivity index (χ0v) is 22.8. The lowest BCUT2D eigenvalue weighted by Gasteiger charge is -2.32. The van der Waals surface area contributed by atoms with Crippen LogP contribution in [0.25, 0.3) is 0 Å². The number of hydrogen-bond donors (Lipinski definition) is 1. The van der Waals surface area contributed by atoms with E-state index in [4.69, 9.17) is 0 Å². The highest BCUT2D eigenvalue weighted by Gasteiger charge is 2.35. The van der Waals surface area contributed by atoms with Crippen LogP contribution in [0.3, 0.4) is 0 Å². The Balaban J connectivity index is 2.07. The number of halogens is 4. The van der Waals surface area contributed by atoms with E-state index in [1.807, 2.05) is 0 Å². The number of carbonyl (C=O) groups excluding carboxylic acids is 2. The van der Waals surface area contributed by atoms with Crippen molar-refractivity contribution in [1.29, 1.82) is 0 Å². The molecular formula is C28H29F4N3O4S. The van der Waals surface area contributed by atoms with Crippen LogP contribution in [-0.2, 0) is 32.3 Å². The van der Waals surface area contributed by atoms with Crippen molar-refractivity contribution in [2.75, 3.05) is 10.8 Å². The average molecular weight is 580 g/mol. The second kappa shape index (κ2) is 12.5. The summed E-state index contributed by atoms with van der Waals surface area (Å²) in [7, 11) is -4.52. The molecule has 0 aliphatic carbocycles. The number of nitrogens with zero attached hydrogens (tertiary/aromatic N) is 2. The van der Waals surface area contributed by atoms with E-state index in [9.17, 15) is 35.6 Å². The highest BCUT2D eigenvalue weighted by molar-refractivity contribution is 7.92. The summed E-state index contributed by atoms with van der Waals surface area (Å²) in [5.41, 5.74) is -1.03. The first-order chi connectivity index (χ1) is 18.7. The van der Waals surface area contributed by atoms with Crippen LogP contribution in [0.4, 0.5) is 23.2 Å². The van der Waals surface area contributed by atoms with Gasteiger partial charge < -0.3 is 10.2 Å². The number of nitrogens with one attached hydrogen (secondary N) is 1. The summed E-state index contributed by atoms with van der Waals surface area (Å²) < 4.78 is 81.9. The van der Waals surface area contributed by atoms with Crippen molar-refractivity contribution in [3.63, 3.8) is 0 Å². The molecule has 7 nitrogen and oxygen atoms in total. The number of benzene rings is 3. The van der Waals surface area contributed by atoms with Crippen LogP contribution >= 0.6 is 0 Å². The van der Waals surface area contributed by atoms with Gasteiger partial charge in [0.15, 0.2) is 0 Å². The van der Waals surface area contributed by atoms with Gasteiger partial charge in [-0.3, -0.25) is 13.9 Å². The summed E-state index contributed by atoms with van der Waals surface area (Å²) >= 11 is 0. The van der Waals surface area contributed by atoms with E-state index in [1.165, 1.54) is 55.5 Å². The molecule has 12 heteroatoms. The lowest BCUT2D eigenvalue weighted by Crippen LogP contribution is -2.52. The molecule has 0 fully saturated rings. The third kappa shape index (κ3) is 7.59. The van der Waals surface area contributed by atoms with Crippen molar-refractivity contribution in [3.8, 4) is 0 Å². The van der Waals surface area contributed by atoms with Crippen LogP contribution < -0.4 is 9.62 Å². The number of hydrogen-bond acceptors (Lipinski definition) is 4. The summed E-state index contributed by atoms with van der Waals surface area (Å²) in [5.74, 6) is -1.90. The van der Waals surface area contributed by atoms with E-state index in [0.29, 0.717) is 15.9 Å². The minimum atomic E-state index is -4.76. The summed E-state index contributed by atoms with van der Waals surface area (Å²) in [6.07, 6.45) is -4.76. The highest BCUT2D eigenvalue weighted by atomic mass is 32.2. The molecule has 0 aromatic heterocycles. The maximum absolute atomic E-state index is 13.7. The van der Waals surface area contributed by atoms with Crippen molar-refractivity contribution in [1.82, 2.24) is 10.2 Å². The van der Waals surface area contributed by atoms with E-state index in [-0.39, 0.29) is 23.2 Å². The number of alkyl halides is 3. The Morgan fingerprint density at radius 2 is 1.52 bits per heavy atom. The molecule has 0 saturated heterocycles. The number of sulfonamides is 1. The number of carbonyl (C=O) groups is 2. The number of amides is 2. The van der Waals surface area contributed by atoms with Crippen molar-refractivity contribution >= 4 is 27.5 Å². The van der Waals surface area contributed by atoms with Crippen molar-refractivity contribution in [2.45, 2.75) is 50.5 Å². The second-order valence-corrected chi connectivity index (χ2v) is 11.2. The molecule has 3 aromatic rings. The molecule has 0 aliphatic rings. The molecule has 214 valence electrons. The van der Waals surface area contributed by atoms with Gasteiger partial charge in [-0.15, -0.1) is 0 Å². The molecule has 0 saturated carbocycles. The first-order valence-corrected chi connectivity index (χ1v) is 13.7. The van der Waals surface area contributed by atoms with Gasteiger partial charge >= 0.3 is 6.18 Å². The second-order valence-electron chi connectivity index (χ2n) is 9.36. The van der Waals surface area contributed by atoms with E-state index in [0.717, 1.165) is 23.1 Å². The third-order valence-electron chi connectivity index (χ3n) is 5.94. The van der Waals surface area contributed by atoms with Crippen molar-refractivity contribution in [2.24, 2.45) is 0 Å². The molecule has 1 N–H and O–H groups in total. The highest BCUT2D eigenvalue weighted by Crippen LogP contribution is 2.33. The predicted molar refractivity (Wildman–Crippen MR) is 142 cm³/mol. The molecule has 0 aliphatic heterocycles. The van der Waals surface area contributed by atoms with Gasteiger partial charge in [-0.25, -0.2) is 12.8 Å². The first kappa shape index (κ1) is 30.6. The smallest absolute Gasteiger partial charge is 0.352 e. The Hall–Kier alpha value is -3.93. The van der Waals surface area contributed by atoms with E-state index in [2.05, 4.69) is 5.32 Å². The minimum absolute atomic E-state index is 0.187. The topological polar surface area (TPSA) is 86.8 Å². The minimum Gasteiger partial charge on any atom is -0.352 e. The zero-order chi connectivity index (χ0) is 29.7. The molecule has 0 unspecified atom stereocenters. The Morgan fingerprint density at radius 3 is 2.10 bits per heavy atom. The summed E-state index contributed by atoms with van der Waals surface area (Å²) in [4.78, 5) is 27.4. The Kier molecular flexibility index (Phi) is 9.56. The van der Waals surface area contributed by atoms with Gasteiger partial charge in [-0.2, -0.15) is 13.2 Å². The normalized spacial score (nSPS) is 12.6. The molecule has 0 spiro atoms. The molecule has 0 bridgehead atoms. The monoisotopic (exact) mass is 579 g/mol. The SMILES string of the molecule is CC(C)NC(=O)[C@H](C)N(Cc1ccc(F)cc1)C(=O)CN(c1cccc(C(F)(F)F)c1)S(=O)(=O)c1ccccc1. The van der Waals surface area contributed by atoms with Crippen LogP contribution in [-0.4, -0.2) is 43.8 Å². The first-order valence-electron chi connectivity index (χ1n) is 12.3. The molecule has 0 radical (unpaired) electrons. The van der Waals surface area contributed by atoms with Crippen molar-refractivity contribution < 1.29 is 35.6 Å². The van der Waals surface area contributed by atoms with E-state index >= 15 is 0 Å². The molecule has 40 heavy (non-hydrogen) atoms. The Labute approximate surface area is 230 Å². The zero-order valence-electron chi connectivity index (χ0n) is 22.0. The van der Waals surface area contributed by atoms with E-state index in [1.54, 1.807) is 19.9 Å². The van der Waals surface area contributed by atoms with Crippen LogP contribution in [0.5, 0.6) is 0 Å². The van der Waals surface area contributed by atoms with Crippen LogP contribution in [0.2, 0.25) is 0 Å². The van der Waals surface area contributed by atoms with Gasteiger partial charge in [-0.1, -0.05) is 36.4 Å². The molecule has 1 atom stereocenters. The maximum atomic E-state index is 13.7. The Bertz CT molecular complexity index is 1430. The van der Waals surface area contributed by atoms with Crippen LogP contribution in [0, 0.1) is 5.82 Å². The lowest BCUT2D eigenvalue weighted by atomic mass is 10.1. The fourth-order valence-corrected chi connectivity index (χ4v) is 5.29. The largest absolute Gasteiger partial charge is 0.416 e. The molecule has 0 heterocycles. The predicted octanol–water partition coefficient (Wildman–Crippen LogP) is 4.98. The van der Waals surface area contributed by atoms with Gasteiger partial charge in [0.2, 0.25) is 11.8 Å². The van der Waals surface area contributed by atoms with Gasteiger partial charge in [-0.05, 0) is 68.8 Å². The fraction of sp³-hybridized carbons (Fsp3) is 0.286. The quantitative estimate of drug-likeness (QED) is 0.343. The summed E-state index contributed by atoms with van der Waals surface area (Å²) in [6, 6.07) is 14.4. The maximum Gasteiger partial charge on any atom is 0.416 e. The van der Waals surface area contributed by atoms with Crippen molar-refractivity contribution in [3.05, 3.63) is 95.8 Å². The molecular weight excluding hydrogens is 550 g/mol.